The lowest BCUT2D eigenvalue weighted by Gasteiger charge is -2.15. The number of ether oxygens (including phenoxy) is 1. The Balaban J connectivity index is 2.61. The standard InChI is InChI=1S/C16H18O5/c1-4-10(8-13(17)20-3)14-15(18)11-7-9(2)5-6-12(11)21-16(14)19/h5-7,10,18H,4,8H2,1-3H3/t10-/m1/s1. The highest BCUT2D eigenvalue weighted by Crippen LogP contribution is 2.34. The van der Waals surface area contributed by atoms with Crippen molar-refractivity contribution >= 4 is 16.9 Å². The van der Waals surface area contributed by atoms with Gasteiger partial charge in [-0.25, -0.2) is 4.79 Å². The van der Waals surface area contributed by atoms with Crippen LogP contribution < -0.4 is 5.63 Å². The maximum atomic E-state index is 12.1. The summed E-state index contributed by atoms with van der Waals surface area (Å²) in [5.74, 6) is -0.968. The van der Waals surface area contributed by atoms with Crippen molar-refractivity contribution in [2.24, 2.45) is 0 Å². The first kappa shape index (κ1) is 15.1. The lowest BCUT2D eigenvalue weighted by Crippen LogP contribution is -2.16. The third kappa shape index (κ3) is 2.91. The minimum absolute atomic E-state index is 0.0304. The van der Waals surface area contributed by atoms with Crippen LogP contribution in [0.15, 0.2) is 27.4 Å². The highest BCUT2D eigenvalue weighted by Gasteiger charge is 2.24. The minimum atomic E-state index is -0.611. The maximum Gasteiger partial charge on any atom is 0.343 e. The van der Waals surface area contributed by atoms with Gasteiger partial charge in [-0.3, -0.25) is 4.79 Å². The number of aromatic hydroxyl groups is 1. The van der Waals surface area contributed by atoms with Crippen molar-refractivity contribution in [1.29, 1.82) is 0 Å². The molecule has 0 fully saturated rings. The third-order valence-corrected chi connectivity index (χ3v) is 3.61. The van der Waals surface area contributed by atoms with E-state index < -0.39 is 17.5 Å². The number of rotatable bonds is 4. The van der Waals surface area contributed by atoms with E-state index in [9.17, 15) is 14.7 Å². The molecule has 0 radical (unpaired) electrons. The van der Waals surface area contributed by atoms with Crippen molar-refractivity contribution in [2.75, 3.05) is 7.11 Å². The van der Waals surface area contributed by atoms with Gasteiger partial charge < -0.3 is 14.3 Å². The van der Waals surface area contributed by atoms with E-state index in [1.165, 1.54) is 7.11 Å². The molecule has 1 N–H and O–H groups in total. The number of carbonyl (C=O) groups is 1. The fraction of sp³-hybridized carbons (Fsp3) is 0.375. The van der Waals surface area contributed by atoms with Gasteiger partial charge in [0.2, 0.25) is 0 Å². The summed E-state index contributed by atoms with van der Waals surface area (Å²) in [4.78, 5) is 23.6. The summed E-state index contributed by atoms with van der Waals surface area (Å²) in [6, 6.07) is 5.20. The molecule has 0 unspecified atom stereocenters. The van der Waals surface area contributed by atoms with Crippen LogP contribution in [0.3, 0.4) is 0 Å². The zero-order valence-electron chi connectivity index (χ0n) is 12.3. The second kappa shape index (κ2) is 5.99. The van der Waals surface area contributed by atoms with Crippen LogP contribution in [-0.4, -0.2) is 18.2 Å². The first-order valence-electron chi connectivity index (χ1n) is 6.81. The van der Waals surface area contributed by atoms with E-state index in [1.54, 1.807) is 18.2 Å². The Morgan fingerprint density at radius 2 is 2.14 bits per heavy atom. The molecule has 2 rings (SSSR count). The van der Waals surface area contributed by atoms with Gasteiger partial charge in [0.25, 0.3) is 0 Å². The molecule has 0 aliphatic rings. The molecule has 0 saturated carbocycles. The van der Waals surface area contributed by atoms with Gasteiger partial charge in [0.05, 0.1) is 24.5 Å². The molecule has 112 valence electrons. The molecule has 5 heteroatoms. The molecule has 2 aromatic rings. The number of esters is 1. The second-order valence-corrected chi connectivity index (χ2v) is 5.04. The van der Waals surface area contributed by atoms with E-state index in [1.807, 2.05) is 13.8 Å². The molecule has 1 aromatic heterocycles. The minimum Gasteiger partial charge on any atom is -0.507 e. The summed E-state index contributed by atoms with van der Waals surface area (Å²) in [5.41, 5.74) is 0.805. The number of hydrogen-bond donors (Lipinski definition) is 1. The Hall–Kier alpha value is -2.30. The van der Waals surface area contributed by atoms with Crippen LogP contribution in [0.1, 0.15) is 36.8 Å². The predicted molar refractivity (Wildman–Crippen MR) is 78.6 cm³/mol. The van der Waals surface area contributed by atoms with Crippen LogP contribution in [0.4, 0.5) is 0 Å². The largest absolute Gasteiger partial charge is 0.507 e. The zero-order valence-corrected chi connectivity index (χ0v) is 12.3. The Bertz CT molecular complexity index is 729. The van der Waals surface area contributed by atoms with Gasteiger partial charge in [-0.1, -0.05) is 18.6 Å². The summed E-state index contributed by atoms with van der Waals surface area (Å²) in [7, 11) is 1.29. The zero-order chi connectivity index (χ0) is 15.6. The van der Waals surface area contributed by atoms with Crippen molar-refractivity contribution in [3.8, 4) is 5.75 Å². The maximum absolute atomic E-state index is 12.1. The van der Waals surface area contributed by atoms with Crippen molar-refractivity contribution in [1.82, 2.24) is 0 Å². The SMILES string of the molecule is CC[C@H](CC(=O)OC)c1c(O)c2cc(C)ccc2oc1=O. The molecule has 1 aromatic carbocycles. The normalized spacial score (nSPS) is 12.3. The molecule has 0 spiro atoms. The van der Waals surface area contributed by atoms with E-state index in [0.717, 1.165) is 5.56 Å². The highest BCUT2D eigenvalue weighted by atomic mass is 16.5. The summed E-state index contributed by atoms with van der Waals surface area (Å²) in [6.45, 7) is 3.72. The third-order valence-electron chi connectivity index (χ3n) is 3.61. The number of carbonyl (C=O) groups excluding carboxylic acids is 1. The molecule has 5 nitrogen and oxygen atoms in total. The quantitative estimate of drug-likeness (QED) is 0.692. The summed E-state index contributed by atoms with van der Waals surface area (Å²) in [5, 5.41) is 10.9. The molecule has 21 heavy (non-hydrogen) atoms. The Labute approximate surface area is 122 Å². The van der Waals surface area contributed by atoms with Gasteiger partial charge in [-0.05, 0) is 25.5 Å². The number of aryl methyl sites for hydroxylation is 1. The second-order valence-electron chi connectivity index (χ2n) is 5.04. The molecule has 1 atom stereocenters. The average molecular weight is 290 g/mol. The molecular weight excluding hydrogens is 272 g/mol. The molecule has 0 aliphatic carbocycles. The van der Waals surface area contributed by atoms with Crippen molar-refractivity contribution < 1.29 is 19.1 Å². The van der Waals surface area contributed by atoms with Gasteiger partial charge in [0.15, 0.2) is 0 Å². The van der Waals surface area contributed by atoms with Gasteiger partial charge in [0, 0.05) is 5.92 Å². The molecule has 1 heterocycles. The Kier molecular flexibility index (Phi) is 4.31. The van der Waals surface area contributed by atoms with Gasteiger partial charge in [0.1, 0.15) is 11.3 Å². The fourth-order valence-corrected chi connectivity index (χ4v) is 2.41. The van der Waals surface area contributed by atoms with E-state index in [4.69, 9.17) is 4.42 Å². The van der Waals surface area contributed by atoms with Crippen LogP contribution in [0.5, 0.6) is 5.75 Å². The smallest absolute Gasteiger partial charge is 0.343 e. The molecule has 0 saturated heterocycles. The van der Waals surface area contributed by atoms with Crippen molar-refractivity contribution in [2.45, 2.75) is 32.6 Å². The van der Waals surface area contributed by atoms with E-state index in [2.05, 4.69) is 4.74 Å². The molecule has 0 amide bonds. The monoisotopic (exact) mass is 290 g/mol. The van der Waals surface area contributed by atoms with Crippen LogP contribution in [0, 0.1) is 6.92 Å². The first-order valence-corrected chi connectivity index (χ1v) is 6.81. The summed E-state index contributed by atoms with van der Waals surface area (Å²) >= 11 is 0. The number of methoxy groups -OCH3 is 1. The van der Waals surface area contributed by atoms with E-state index in [0.29, 0.717) is 17.4 Å². The van der Waals surface area contributed by atoms with Crippen LogP contribution >= 0.6 is 0 Å². The van der Waals surface area contributed by atoms with Crippen molar-refractivity contribution in [3.05, 3.63) is 39.7 Å². The summed E-state index contributed by atoms with van der Waals surface area (Å²) < 4.78 is 9.90. The van der Waals surface area contributed by atoms with Crippen LogP contribution in [0.25, 0.3) is 11.0 Å². The molecule has 0 aliphatic heterocycles. The van der Waals surface area contributed by atoms with Crippen molar-refractivity contribution in [3.63, 3.8) is 0 Å². The lowest BCUT2D eigenvalue weighted by atomic mass is 9.92. The Morgan fingerprint density at radius 3 is 2.76 bits per heavy atom. The van der Waals surface area contributed by atoms with Gasteiger partial charge in [-0.15, -0.1) is 0 Å². The molecular formula is C16H18O5. The first-order chi connectivity index (χ1) is 9.97. The number of hydrogen-bond acceptors (Lipinski definition) is 5. The van der Waals surface area contributed by atoms with Gasteiger partial charge in [-0.2, -0.15) is 0 Å². The fourth-order valence-electron chi connectivity index (χ4n) is 2.41. The predicted octanol–water partition coefficient (Wildman–Crippen LogP) is 2.86. The number of fused-ring (bicyclic) bond motifs is 1. The summed E-state index contributed by atoms with van der Waals surface area (Å²) in [6.07, 6.45) is 0.549. The van der Waals surface area contributed by atoms with Gasteiger partial charge >= 0.3 is 11.6 Å². The molecule has 0 bridgehead atoms. The van der Waals surface area contributed by atoms with Crippen LogP contribution in [-0.2, 0) is 9.53 Å². The lowest BCUT2D eigenvalue weighted by molar-refractivity contribution is -0.141. The topological polar surface area (TPSA) is 76.7 Å². The van der Waals surface area contributed by atoms with E-state index >= 15 is 0 Å². The van der Waals surface area contributed by atoms with Crippen LogP contribution in [0.2, 0.25) is 0 Å². The Morgan fingerprint density at radius 1 is 1.43 bits per heavy atom. The highest BCUT2D eigenvalue weighted by molar-refractivity contribution is 5.85. The number of benzene rings is 1. The van der Waals surface area contributed by atoms with E-state index in [-0.39, 0.29) is 17.7 Å². The average Bonchev–Trinajstić information content (AvgIpc) is 2.46.